The summed E-state index contributed by atoms with van der Waals surface area (Å²) in [6.07, 6.45) is 3.51. The van der Waals surface area contributed by atoms with E-state index in [1.54, 1.807) is 43.5 Å². The number of carbonyl (C=O) groups is 2. The molecule has 158 valence electrons. The molecular formula is C25H24N2O3S. The maximum absolute atomic E-state index is 12.5. The molecule has 0 unspecified atom stereocenters. The third kappa shape index (κ3) is 5.27. The van der Waals surface area contributed by atoms with Crippen LogP contribution in [0.2, 0.25) is 0 Å². The lowest BCUT2D eigenvalue weighted by Gasteiger charge is -2.10. The second kappa shape index (κ2) is 9.71. The minimum Gasteiger partial charge on any atom is -0.495 e. The van der Waals surface area contributed by atoms with Crippen molar-refractivity contribution < 1.29 is 14.3 Å². The van der Waals surface area contributed by atoms with Gasteiger partial charge in [-0.2, -0.15) is 0 Å². The van der Waals surface area contributed by atoms with E-state index in [0.717, 1.165) is 17.7 Å². The van der Waals surface area contributed by atoms with E-state index in [1.165, 1.54) is 29.3 Å². The van der Waals surface area contributed by atoms with Crippen LogP contribution in [0.1, 0.15) is 27.9 Å². The van der Waals surface area contributed by atoms with Gasteiger partial charge in [0.1, 0.15) is 5.75 Å². The summed E-state index contributed by atoms with van der Waals surface area (Å²) in [6, 6.07) is 20.6. The summed E-state index contributed by atoms with van der Waals surface area (Å²) < 4.78 is 5.26. The van der Waals surface area contributed by atoms with Gasteiger partial charge in [0.05, 0.1) is 18.6 Å². The lowest BCUT2D eigenvalue weighted by molar-refractivity contribution is -0.113. The van der Waals surface area contributed by atoms with Crippen LogP contribution in [0, 0.1) is 0 Å². The largest absolute Gasteiger partial charge is 0.495 e. The lowest BCUT2D eigenvalue weighted by atomic mass is 10.1. The third-order valence-electron chi connectivity index (χ3n) is 5.23. The molecule has 5 nitrogen and oxygen atoms in total. The number of methoxy groups -OCH3 is 1. The Balaban J connectivity index is 1.30. The minimum absolute atomic E-state index is 0.0725. The standard InChI is InChI=1S/C25H24N2O3S/c1-30-23-8-3-2-7-22(23)27-25(29)18-9-12-20(13-10-18)26-24(28)16-31-21-14-11-17-5-4-6-19(17)15-21/h2-3,7-15H,4-6,16H2,1H3,(H,26,28)(H,27,29). The average Bonchev–Trinajstić information content (AvgIpc) is 3.26. The molecule has 0 atom stereocenters. The Labute approximate surface area is 186 Å². The zero-order valence-electron chi connectivity index (χ0n) is 17.3. The monoisotopic (exact) mass is 432 g/mol. The Kier molecular flexibility index (Phi) is 6.57. The number of carbonyl (C=O) groups excluding carboxylic acids is 2. The van der Waals surface area contributed by atoms with Gasteiger partial charge in [-0.05, 0) is 78.9 Å². The van der Waals surface area contributed by atoms with Crippen LogP contribution in [0.4, 0.5) is 11.4 Å². The quantitative estimate of drug-likeness (QED) is 0.506. The summed E-state index contributed by atoms with van der Waals surface area (Å²) >= 11 is 1.54. The van der Waals surface area contributed by atoms with Crippen molar-refractivity contribution in [2.75, 3.05) is 23.5 Å². The molecule has 0 aromatic heterocycles. The van der Waals surface area contributed by atoms with Crippen molar-refractivity contribution in [3.05, 3.63) is 83.4 Å². The van der Waals surface area contributed by atoms with E-state index in [4.69, 9.17) is 4.74 Å². The summed E-state index contributed by atoms with van der Waals surface area (Å²) in [4.78, 5) is 25.9. The molecule has 31 heavy (non-hydrogen) atoms. The van der Waals surface area contributed by atoms with Gasteiger partial charge in [0.2, 0.25) is 5.91 Å². The maximum Gasteiger partial charge on any atom is 0.255 e. The predicted octanol–water partition coefficient (Wildman–Crippen LogP) is 5.17. The van der Waals surface area contributed by atoms with Crippen molar-refractivity contribution in [1.29, 1.82) is 0 Å². The van der Waals surface area contributed by atoms with Gasteiger partial charge < -0.3 is 15.4 Å². The smallest absolute Gasteiger partial charge is 0.255 e. The van der Waals surface area contributed by atoms with Crippen LogP contribution in [0.3, 0.4) is 0 Å². The molecule has 2 N–H and O–H groups in total. The van der Waals surface area contributed by atoms with Crippen LogP contribution in [-0.4, -0.2) is 24.7 Å². The van der Waals surface area contributed by atoms with Crippen molar-refractivity contribution in [2.24, 2.45) is 0 Å². The first kappa shape index (κ1) is 21.0. The highest BCUT2D eigenvalue weighted by atomic mass is 32.2. The molecule has 4 rings (SSSR count). The lowest BCUT2D eigenvalue weighted by Crippen LogP contribution is -2.15. The molecule has 0 saturated heterocycles. The molecule has 0 fully saturated rings. The molecule has 6 heteroatoms. The van der Waals surface area contributed by atoms with E-state index in [1.807, 2.05) is 12.1 Å². The number of rotatable bonds is 7. The number of hydrogen-bond acceptors (Lipinski definition) is 4. The first-order valence-corrected chi connectivity index (χ1v) is 11.2. The topological polar surface area (TPSA) is 67.4 Å². The van der Waals surface area contributed by atoms with E-state index in [-0.39, 0.29) is 11.8 Å². The minimum atomic E-state index is -0.241. The highest BCUT2D eigenvalue weighted by molar-refractivity contribution is 8.00. The van der Waals surface area contributed by atoms with Crippen molar-refractivity contribution in [1.82, 2.24) is 0 Å². The van der Waals surface area contributed by atoms with Crippen LogP contribution in [0.5, 0.6) is 5.75 Å². The van der Waals surface area contributed by atoms with Gasteiger partial charge in [-0.1, -0.05) is 18.2 Å². The highest BCUT2D eigenvalue weighted by Gasteiger charge is 2.12. The first-order chi connectivity index (χ1) is 15.1. The van der Waals surface area contributed by atoms with Gasteiger partial charge in [0, 0.05) is 16.1 Å². The van der Waals surface area contributed by atoms with Gasteiger partial charge in [-0.25, -0.2) is 0 Å². The molecule has 0 heterocycles. The molecule has 0 aliphatic heterocycles. The maximum atomic E-state index is 12.5. The number of hydrogen-bond donors (Lipinski definition) is 2. The van der Waals surface area contributed by atoms with E-state index in [9.17, 15) is 9.59 Å². The molecule has 0 saturated carbocycles. The normalized spacial score (nSPS) is 12.2. The fraction of sp³-hybridized carbons (Fsp3) is 0.200. The van der Waals surface area contributed by atoms with Gasteiger partial charge in [0.25, 0.3) is 5.91 Å². The SMILES string of the molecule is COc1ccccc1NC(=O)c1ccc(NC(=O)CSc2ccc3c(c2)CCC3)cc1. The fourth-order valence-electron chi connectivity index (χ4n) is 3.63. The summed E-state index contributed by atoms with van der Waals surface area (Å²) in [7, 11) is 1.56. The van der Waals surface area contributed by atoms with Gasteiger partial charge in [-0.3, -0.25) is 9.59 Å². The number of ether oxygens (including phenoxy) is 1. The number of para-hydroxylation sites is 2. The van der Waals surface area contributed by atoms with Crippen LogP contribution in [-0.2, 0) is 17.6 Å². The van der Waals surface area contributed by atoms with Gasteiger partial charge >= 0.3 is 0 Å². The number of anilines is 2. The Bertz CT molecular complexity index is 1100. The van der Waals surface area contributed by atoms with Crippen LogP contribution < -0.4 is 15.4 Å². The van der Waals surface area contributed by atoms with Gasteiger partial charge in [0.15, 0.2) is 0 Å². The average molecular weight is 433 g/mol. The van der Waals surface area contributed by atoms with Gasteiger partial charge in [-0.15, -0.1) is 11.8 Å². The second-order valence-corrected chi connectivity index (χ2v) is 8.40. The highest BCUT2D eigenvalue weighted by Crippen LogP contribution is 2.28. The Morgan fingerprint density at radius 3 is 2.52 bits per heavy atom. The summed E-state index contributed by atoms with van der Waals surface area (Å²) in [6.45, 7) is 0. The predicted molar refractivity (Wildman–Crippen MR) is 125 cm³/mol. The third-order valence-corrected chi connectivity index (χ3v) is 6.22. The molecule has 1 aliphatic carbocycles. The molecule has 3 aromatic carbocycles. The number of thioether (sulfide) groups is 1. The molecule has 0 bridgehead atoms. The summed E-state index contributed by atoms with van der Waals surface area (Å²) in [5.74, 6) is 0.626. The number of fused-ring (bicyclic) bond motifs is 1. The molecule has 2 amide bonds. The Morgan fingerprint density at radius 2 is 1.71 bits per heavy atom. The molecule has 3 aromatic rings. The van der Waals surface area contributed by atoms with E-state index in [2.05, 4.69) is 28.8 Å². The first-order valence-electron chi connectivity index (χ1n) is 10.2. The Morgan fingerprint density at radius 1 is 0.935 bits per heavy atom. The number of benzene rings is 3. The van der Waals surface area contributed by atoms with E-state index >= 15 is 0 Å². The molecule has 1 aliphatic rings. The van der Waals surface area contributed by atoms with Crippen LogP contribution >= 0.6 is 11.8 Å². The fourth-order valence-corrected chi connectivity index (χ4v) is 4.39. The zero-order valence-corrected chi connectivity index (χ0v) is 18.1. The van der Waals surface area contributed by atoms with E-state index in [0.29, 0.717) is 28.4 Å². The van der Waals surface area contributed by atoms with Crippen molar-refractivity contribution in [3.8, 4) is 5.75 Å². The molecular weight excluding hydrogens is 408 g/mol. The van der Waals surface area contributed by atoms with Crippen LogP contribution in [0.25, 0.3) is 0 Å². The summed E-state index contributed by atoms with van der Waals surface area (Å²) in [5, 5.41) is 5.73. The van der Waals surface area contributed by atoms with Crippen molar-refractivity contribution in [2.45, 2.75) is 24.2 Å². The Hall–Kier alpha value is -3.25. The summed E-state index contributed by atoms with van der Waals surface area (Å²) in [5.41, 5.74) is 4.61. The number of nitrogens with one attached hydrogen (secondary N) is 2. The van der Waals surface area contributed by atoms with E-state index < -0.39 is 0 Å². The van der Waals surface area contributed by atoms with Crippen molar-refractivity contribution in [3.63, 3.8) is 0 Å². The zero-order chi connectivity index (χ0) is 21.6. The molecule has 0 radical (unpaired) electrons. The van der Waals surface area contributed by atoms with Crippen LogP contribution in [0.15, 0.2) is 71.6 Å². The number of amides is 2. The number of aryl methyl sites for hydroxylation is 2. The second-order valence-electron chi connectivity index (χ2n) is 7.35. The van der Waals surface area contributed by atoms with Crippen molar-refractivity contribution >= 4 is 35.0 Å². The molecule has 0 spiro atoms.